The number of ether oxygens (including phenoxy) is 2. The van der Waals surface area contributed by atoms with Crippen LogP contribution in [0.15, 0.2) is 54.6 Å². The van der Waals surface area contributed by atoms with E-state index in [4.69, 9.17) is 9.47 Å². The van der Waals surface area contributed by atoms with Crippen molar-refractivity contribution in [3.05, 3.63) is 65.7 Å². The van der Waals surface area contributed by atoms with Crippen LogP contribution < -0.4 is 16.0 Å². The number of nitrogens with one attached hydrogen (secondary N) is 3. The zero-order valence-corrected chi connectivity index (χ0v) is 19.6. The summed E-state index contributed by atoms with van der Waals surface area (Å²) in [5, 5.41) is 17.8. The minimum atomic E-state index is -0.886. The second-order valence-corrected chi connectivity index (χ2v) is 7.77. The molecule has 0 radical (unpaired) electrons. The van der Waals surface area contributed by atoms with Gasteiger partial charge in [0.2, 0.25) is 17.7 Å². The summed E-state index contributed by atoms with van der Waals surface area (Å²) in [4.78, 5) is 37.7. The van der Waals surface area contributed by atoms with Gasteiger partial charge in [-0.3, -0.25) is 14.4 Å². The molecule has 34 heavy (non-hydrogen) atoms. The molecular formula is C25H33N3O6. The topological polar surface area (TPSA) is 126 Å². The smallest absolute Gasteiger partial charge is 0.243 e. The van der Waals surface area contributed by atoms with Crippen LogP contribution in [0, 0.1) is 0 Å². The third-order valence-corrected chi connectivity index (χ3v) is 4.96. The highest BCUT2D eigenvalue weighted by molar-refractivity contribution is 5.92. The quantitative estimate of drug-likeness (QED) is 0.304. The van der Waals surface area contributed by atoms with Crippen LogP contribution in [-0.2, 0) is 36.7 Å². The second kappa shape index (κ2) is 14.7. The van der Waals surface area contributed by atoms with Crippen LogP contribution in [0.3, 0.4) is 0 Å². The Morgan fingerprint density at radius 1 is 0.824 bits per heavy atom. The Bertz CT molecular complexity index is 905. The maximum absolute atomic E-state index is 13.1. The van der Waals surface area contributed by atoms with Crippen molar-refractivity contribution in [2.24, 2.45) is 0 Å². The van der Waals surface area contributed by atoms with Gasteiger partial charge >= 0.3 is 0 Å². The van der Waals surface area contributed by atoms with Crippen molar-refractivity contribution in [1.82, 2.24) is 16.0 Å². The van der Waals surface area contributed by atoms with Crippen molar-refractivity contribution in [2.75, 3.05) is 33.5 Å². The fraction of sp³-hybridized carbons (Fsp3) is 0.400. The molecule has 3 amide bonds. The van der Waals surface area contributed by atoms with Crippen LogP contribution in [0.2, 0.25) is 0 Å². The highest BCUT2D eigenvalue weighted by Crippen LogP contribution is 2.12. The Labute approximate surface area is 199 Å². The highest BCUT2D eigenvalue weighted by atomic mass is 16.5. The zero-order chi connectivity index (χ0) is 24.8. The minimum absolute atomic E-state index is 0.107. The molecule has 2 aromatic carbocycles. The van der Waals surface area contributed by atoms with E-state index in [0.29, 0.717) is 19.8 Å². The SMILES string of the molecule is COCCOCCNC(=O)[C@H](Cc1ccc(O)cc1)NC(=O)[C@H](Cc1ccccc1)NC(C)=O. The van der Waals surface area contributed by atoms with E-state index in [1.807, 2.05) is 30.3 Å². The van der Waals surface area contributed by atoms with Crippen molar-refractivity contribution >= 4 is 17.7 Å². The van der Waals surface area contributed by atoms with Gasteiger partial charge in [0.05, 0.1) is 19.8 Å². The van der Waals surface area contributed by atoms with Crippen molar-refractivity contribution in [1.29, 1.82) is 0 Å². The lowest BCUT2D eigenvalue weighted by Crippen LogP contribution is -2.55. The van der Waals surface area contributed by atoms with Crippen LogP contribution in [0.25, 0.3) is 0 Å². The van der Waals surface area contributed by atoms with Crippen LogP contribution in [0.5, 0.6) is 5.75 Å². The molecule has 9 heteroatoms. The van der Waals surface area contributed by atoms with E-state index in [0.717, 1.165) is 11.1 Å². The lowest BCUT2D eigenvalue weighted by molar-refractivity contribution is -0.131. The number of benzene rings is 2. The molecule has 0 saturated heterocycles. The molecule has 0 fully saturated rings. The third kappa shape index (κ3) is 10.0. The van der Waals surface area contributed by atoms with Gasteiger partial charge in [-0.2, -0.15) is 0 Å². The van der Waals surface area contributed by atoms with Gasteiger partial charge in [-0.15, -0.1) is 0 Å². The van der Waals surface area contributed by atoms with Crippen LogP contribution in [-0.4, -0.2) is 68.4 Å². The molecule has 0 aliphatic carbocycles. The number of phenolic OH excluding ortho intramolecular Hbond substituents is 1. The van der Waals surface area contributed by atoms with E-state index in [9.17, 15) is 19.5 Å². The van der Waals surface area contributed by atoms with Gasteiger partial charge in [0.1, 0.15) is 17.8 Å². The van der Waals surface area contributed by atoms with Gasteiger partial charge in [-0.1, -0.05) is 42.5 Å². The Balaban J connectivity index is 2.08. The number of carbonyl (C=O) groups excluding carboxylic acids is 3. The molecule has 184 valence electrons. The molecule has 0 spiro atoms. The number of phenols is 1. The van der Waals surface area contributed by atoms with E-state index in [1.165, 1.54) is 19.1 Å². The Morgan fingerprint density at radius 2 is 1.44 bits per heavy atom. The lowest BCUT2D eigenvalue weighted by atomic mass is 10.0. The zero-order valence-electron chi connectivity index (χ0n) is 19.6. The van der Waals surface area contributed by atoms with Crippen molar-refractivity contribution in [3.8, 4) is 5.75 Å². The average molecular weight is 472 g/mol. The molecule has 0 saturated carbocycles. The first kappa shape index (κ1) is 26.8. The second-order valence-electron chi connectivity index (χ2n) is 7.77. The van der Waals surface area contributed by atoms with Gasteiger partial charge in [0.15, 0.2) is 0 Å². The third-order valence-electron chi connectivity index (χ3n) is 4.96. The number of carbonyl (C=O) groups is 3. The standard InChI is InChI=1S/C25H33N3O6/c1-18(29)27-23(16-19-6-4-3-5-7-19)25(32)28-22(17-20-8-10-21(30)11-9-20)24(31)26-12-13-34-15-14-33-2/h3-11,22-23,30H,12-17H2,1-2H3,(H,26,31)(H,27,29)(H,28,32)/t22-,23-/m0/s1. The van der Waals surface area contributed by atoms with E-state index >= 15 is 0 Å². The van der Waals surface area contributed by atoms with Gasteiger partial charge < -0.3 is 30.5 Å². The van der Waals surface area contributed by atoms with Gasteiger partial charge in [-0.05, 0) is 23.3 Å². The summed E-state index contributed by atoms with van der Waals surface area (Å²) in [6.45, 7) is 2.79. The maximum Gasteiger partial charge on any atom is 0.243 e. The van der Waals surface area contributed by atoms with Gasteiger partial charge in [0, 0.05) is 33.4 Å². The predicted molar refractivity (Wildman–Crippen MR) is 127 cm³/mol. The first-order chi connectivity index (χ1) is 16.4. The summed E-state index contributed by atoms with van der Waals surface area (Å²) >= 11 is 0. The number of methoxy groups -OCH3 is 1. The molecular weight excluding hydrogens is 438 g/mol. The summed E-state index contributed by atoms with van der Waals surface area (Å²) < 4.78 is 10.3. The van der Waals surface area contributed by atoms with Crippen LogP contribution in [0.1, 0.15) is 18.1 Å². The molecule has 0 unspecified atom stereocenters. The molecule has 0 aliphatic rings. The first-order valence-corrected chi connectivity index (χ1v) is 11.1. The molecule has 2 atom stereocenters. The average Bonchev–Trinajstić information content (AvgIpc) is 2.82. The number of aromatic hydroxyl groups is 1. The van der Waals surface area contributed by atoms with Crippen molar-refractivity contribution < 1.29 is 29.0 Å². The fourth-order valence-electron chi connectivity index (χ4n) is 3.27. The van der Waals surface area contributed by atoms with E-state index in [1.54, 1.807) is 19.2 Å². The summed E-state index contributed by atoms with van der Waals surface area (Å²) in [5.74, 6) is -1.08. The van der Waals surface area contributed by atoms with Gasteiger partial charge in [-0.25, -0.2) is 0 Å². The first-order valence-electron chi connectivity index (χ1n) is 11.1. The summed E-state index contributed by atoms with van der Waals surface area (Å²) in [7, 11) is 1.58. The minimum Gasteiger partial charge on any atom is -0.508 e. The molecule has 4 N–H and O–H groups in total. The molecule has 2 aromatic rings. The molecule has 2 rings (SSSR count). The molecule has 0 heterocycles. The lowest BCUT2D eigenvalue weighted by Gasteiger charge is -2.23. The van der Waals surface area contributed by atoms with Crippen LogP contribution in [0.4, 0.5) is 0 Å². The number of rotatable bonds is 14. The largest absolute Gasteiger partial charge is 0.508 e. The summed E-state index contributed by atoms with van der Waals surface area (Å²) in [5.41, 5.74) is 1.64. The summed E-state index contributed by atoms with van der Waals surface area (Å²) in [6.07, 6.45) is 0.494. The van der Waals surface area contributed by atoms with Crippen molar-refractivity contribution in [3.63, 3.8) is 0 Å². The Hall–Kier alpha value is -3.43. The molecule has 9 nitrogen and oxygen atoms in total. The Kier molecular flexibility index (Phi) is 11.6. The van der Waals surface area contributed by atoms with E-state index in [-0.39, 0.29) is 37.0 Å². The molecule has 0 bridgehead atoms. The Morgan fingerprint density at radius 3 is 2.06 bits per heavy atom. The normalized spacial score (nSPS) is 12.4. The number of amides is 3. The van der Waals surface area contributed by atoms with Crippen molar-refractivity contribution in [2.45, 2.75) is 31.8 Å². The molecule has 0 aliphatic heterocycles. The fourth-order valence-corrected chi connectivity index (χ4v) is 3.27. The highest BCUT2D eigenvalue weighted by Gasteiger charge is 2.26. The molecule has 0 aromatic heterocycles. The number of hydrogen-bond donors (Lipinski definition) is 4. The number of hydrogen-bond acceptors (Lipinski definition) is 6. The summed E-state index contributed by atoms with van der Waals surface area (Å²) in [6, 6.07) is 14.0. The van der Waals surface area contributed by atoms with E-state index < -0.39 is 18.0 Å². The maximum atomic E-state index is 13.1. The predicted octanol–water partition coefficient (Wildman–Crippen LogP) is 0.946. The monoisotopic (exact) mass is 471 g/mol. The van der Waals surface area contributed by atoms with E-state index in [2.05, 4.69) is 16.0 Å². The van der Waals surface area contributed by atoms with Gasteiger partial charge in [0.25, 0.3) is 0 Å². The van der Waals surface area contributed by atoms with Crippen LogP contribution >= 0.6 is 0 Å².